The Hall–Kier alpha value is -0.300. The number of hydrogen-bond donors (Lipinski definition) is 1. The molecule has 0 radical (unpaired) electrons. The van der Waals surface area contributed by atoms with Crippen LogP contribution >= 0.6 is 0 Å². The van der Waals surface area contributed by atoms with Crippen molar-refractivity contribution in [3.63, 3.8) is 0 Å². The highest BCUT2D eigenvalue weighted by molar-refractivity contribution is 4.81. The van der Waals surface area contributed by atoms with Gasteiger partial charge in [-0.3, -0.25) is 0 Å². The van der Waals surface area contributed by atoms with Crippen LogP contribution in [0.1, 0.15) is 20.8 Å². The Morgan fingerprint density at radius 2 is 1.78 bits per heavy atom. The van der Waals surface area contributed by atoms with E-state index in [4.69, 9.17) is 5.11 Å². The first kappa shape index (κ1) is 8.70. The van der Waals surface area contributed by atoms with Crippen LogP contribution in [0.5, 0.6) is 0 Å². The van der Waals surface area contributed by atoms with Gasteiger partial charge in [-0.1, -0.05) is 19.9 Å². The van der Waals surface area contributed by atoms with E-state index in [2.05, 4.69) is 13.5 Å². The van der Waals surface area contributed by atoms with Crippen molar-refractivity contribution in [1.82, 2.24) is 0 Å². The summed E-state index contributed by atoms with van der Waals surface area (Å²) < 4.78 is 0. The van der Waals surface area contributed by atoms with Crippen LogP contribution in [0.25, 0.3) is 0 Å². The maximum atomic E-state index is 9.07. The van der Waals surface area contributed by atoms with E-state index in [9.17, 15) is 0 Å². The van der Waals surface area contributed by atoms with Crippen molar-refractivity contribution < 1.29 is 5.11 Å². The molecular weight excluding hydrogens is 112 g/mol. The molecule has 3 unspecified atom stereocenters. The number of allylic oxidation sites excluding steroid dienone is 1. The summed E-state index contributed by atoms with van der Waals surface area (Å²) >= 11 is 0. The largest absolute Gasteiger partial charge is 0.393 e. The molecule has 0 heterocycles. The van der Waals surface area contributed by atoms with E-state index >= 15 is 0 Å². The van der Waals surface area contributed by atoms with Crippen LogP contribution in [-0.4, -0.2) is 11.2 Å². The Bertz CT molecular complexity index is 86.6. The highest BCUT2D eigenvalue weighted by atomic mass is 16.3. The highest BCUT2D eigenvalue weighted by Crippen LogP contribution is 2.14. The maximum Gasteiger partial charge on any atom is 0.0543 e. The lowest BCUT2D eigenvalue weighted by atomic mass is 9.92. The van der Waals surface area contributed by atoms with E-state index in [1.54, 1.807) is 0 Å². The fraction of sp³-hybridized carbons (Fsp3) is 0.750. The Kier molecular flexibility index (Phi) is 3.55. The van der Waals surface area contributed by atoms with Crippen molar-refractivity contribution in [2.75, 3.05) is 0 Å². The Labute approximate surface area is 57.4 Å². The first-order chi connectivity index (χ1) is 4.09. The molecule has 3 atom stereocenters. The zero-order chi connectivity index (χ0) is 7.44. The van der Waals surface area contributed by atoms with Crippen molar-refractivity contribution in [3.05, 3.63) is 12.7 Å². The van der Waals surface area contributed by atoms with E-state index < -0.39 is 0 Å². The average Bonchev–Trinajstić information content (AvgIpc) is 1.84. The molecule has 1 N–H and O–H groups in total. The third-order valence-corrected chi connectivity index (χ3v) is 1.96. The lowest BCUT2D eigenvalue weighted by molar-refractivity contribution is 0.116. The fourth-order valence-corrected chi connectivity index (χ4v) is 0.654. The summed E-state index contributed by atoms with van der Waals surface area (Å²) in [5, 5.41) is 9.07. The summed E-state index contributed by atoms with van der Waals surface area (Å²) in [5.74, 6) is 0.729. The van der Waals surface area contributed by atoms with Crippen LogP contribution in [0.15, 0.2) is 12.7 Å². The van der Waals surface area contributed by atoms with E-state index in [-0.39, 0.29) is 6.10 Å². The topological polar surface area (TPSA) is 20.2 Å². The first-order valence-electron chi connectivity index (χ1n) is 3.40. The predicted molar refractivity (Wildman–Crippen MR) is 40.2 cm³/mol. The van der Waals surface area contributed by atoms with E-state index in [0.717, 1.165) is 0 Å². The zero-order valence-corrected chi connectivity index (χ0v) is 6.46. The molecule has 0 rings (SSSR count). The number of aliphatic hydroxyl groups excluding tert-OH is 1. The first-order valence-corrected chi connectivity index (χ1v) is 3.40. The molecule has 0 bridgehead atoms. The molecule has 54 valence electrons. The van der Waals surface area contributed by atoms with Gasteiger partial charge in [-0.15, -0.1) is 6.58 Å². The van der Waals surface area contributed by atoms with Gasteiger partial charge in [0.2, 0.25) is 0 Å². The second-order valence-electron chi connectivity index (χ2n) is 2.69. The molecular formula is C8H16O. The van der Waals surface area contributed by atoms with Crippen LogP contribution in [0.3, 0.4) is 0 Å². The SMILES string of the molecule is C=CC(C)C(C)C(C)O. The molecule has 0 aliphatic carbocycles. The Balaban J connectivity index is 3.71. The lowest BCUT2D eigenvalue weighted by Gasteiger charge is -2.18. The average molecular weight is 128 g/mol. The predicted octanol–water partition coefficient (Wildman–Crippen LogP) is 1.83. The molecule has 1 nitrogen and oxygen atoms in total. The summed E-state index contributed by atoms with van der Waals surface area (Å²) in [6.07, 6.45) is 1.65. The van der Waals surface area contributed by atoms with E-state index in [0.29, 0.717) is 11.8 Å². The van der Waals surface area contributed by atoms with Gasteiger partial charge in [-0.25, -0.2) is 0 Å². The Morgan fingerprint density at radius 3 is 1.89 bits per heavy atom. The second-order valence-corrected chi connectivity index (χ2v) is 2.69. The smallest absolute Gasteiger partial charge is 0.0543 e. The summed E-state index contributed by atoms with van der Waals surface area (Å²) in [4.78, 5) is 0. The van der Waals surface area contributed by atoms with Crippen molar-refractivity contribution in [1.29, 1.82) is 0 Å². The van der Waals surface area contributed by atoms with E-state index in [1.807, 2.05) is 19.9 Å². The Morgan fingerprint density at radius 1 is 1.33 bits per heavy atom. The third kappa shape index (κ3) is 2.66. The van der Waals surface area contributed by atoms with Crippen molar-refractivity contribution in [2.45, 2.75) is 26.9 Å². The van der Waals surface area contributed by atoms with Gasteiger partial charge in [0.1, 0.15) is 0 Å². The molecule has 0 aliphatic rings. The van der Waals surface area contributed by atoms with Gasteiger partial charge in [0.05, 0.1) is 6.10 Å². The molecule has 0 aromatic carbocycles. The maximum absolute atomic E-state index is 9.07. The number of hydrogen-bond acceptors (Lipinski definition) is 1. The van der Waals surface area contributed by atoms with Gasteiger partial charge >= 0.3 is 0 Å². The normalized spacial score (nSPS) is 20.4. The minimum absolute atomic E-state index is 0.224. The molecule has 0 aliphatic heterocycles. The molecule has 0 aromatic rings. The molecule has 0 saturated heterocycles. The van der Waals surface area contributed by atoms with Crippen LogP contribution in [0, 0.1) is 11.8 Å². The monoisotopic (exact) mass is 128 g/mol. The van der Waals surface area contributed by atoms with Gasteiger partial charge in [-0.2, -0.15) is 0 Å². The zero-order valence-electron chi connectivity index (χ0n) is 6.46. The molecule has 0 aromatic heterocycles. The van der Waals surface area contributed by atoms with Crippen LogP contribution in [-0.2, 0) is 0 Å². The molecule has 1 heteroatoms. The summed E-state index contributed by atoms with van der Waals surface area (Å²) in [7, 11) is 0. The van der Waals surface area contributed by atoms with Crippen LogP contribution in [0.2, 0.25) is 0 Å². The van der Waals surface area contributed by atoms with Gasteiger partial charge in [0.15, 0.2) is 0 Å². The lowest BCUT2D eigenvalue weighted by Crippen LogP contribution is -2.18. The summed E-state index contributed by atoms with van der Waals surface area (Å²) in [6, 6.07) is 0. The minimum Gasteiger partial charge on any atom is -0.393 e. The van der Waals surface area contributed by atoms with Gasteiger partial charge in [0, 0.05) is 0 Å². The number of rotatable bonds is 3. The van der Waals surface area contributed by atoms with Crippen LogP contribution in [0.4, 0.5) is 0 Å². The van der Waals surface area contributed by atoms with Crippen LogP contribution < -0.4 is 0 Å². The second kappa shape index (κ2) is 3.67. The molecule has 0 fully saturated rings. The standard InChI is InChI=1S/C8H16O/c1-5-6(2)7(3)8(4)9/h5-9H,1H2,2-4H3. The quantitative estimate of drug-likeness (QED) is 0.575. The summed E-state index contributed by atoms with van der Waals surface area (Å²) in [6.45, 7) is 9.55. The van der Waals surface area contributed by atoms with E-state index in [1.165, 1.54) is 0 Å². The molecule has 9 heavy (non-hydrogen) atoms. The van der Waals surface area contributed by atoms with Crippen molar-refractivity contribution >= 4 is 0 Å². The van der Waals surface area contributed by atoms with Crippen molar-refractivity contribution in [3.8, 4) is 0 Å². The summed E-state index contributed by atoms with van der Waals surface area (Å²) in [5.41, 5.74) is 0. The molecule has 0 saturated carbocycles. The molecule has 0 spiro atoms. The number of aliphatic hydroxyl groups is 1. The van der Waals surface area contributed by atoms with Gasteiger partial charge in [0.25, 0.3) is 0 Å². The van der Waals surface area contributed by atoms with Crippen molar-refractivity contribution in [2.24, 2.45) is 11.8 Å². The van der Waals surface area contributed by atoms with Gasteiger partial charge in [-0.05, 0) is 18.8 Å². The third-order valence-electron chi connectivity index (χ3n) is 1.96. The molecule has 0 amide bonds. The fourth-order valence-electron chi connectivity index (χ4n) is 0.654. The highest BCUT2D eigenvalue weighted by Gasteiger charge is 2.13. The van der Waals surface area contributed by atoms with Gasteiger partial charge < -0.3 is 5.11 Å². The minimum atomic E-state index is -0.224.